The molecule has 0 saturated carbocycles. The third-order valence-corrected chi connectivity index (χ3v) is 35.3. The van der Waals surface area contributed by atoms with Crippen molar-refractivity contribution in [1.82, 2.24) is 0 Å². The van der Waals surface area contributed by atoms with Crippen molar-refractivity contribution in [2.24, 2.45) is 5.73 Å². The van der Waals surface area contributed by atoms with Crippen LogP contribution >= 0.6 is 17.9 Å². The first-order valence-electron chi connectivity index (χ1n) is 5.22. The van der Waals surface area contributed by atoms with Gasteiger partial charge in [-0.25, -0.2) is 0 Å². The summed E-state index contributed by atoms with van der Waals surface area (Å²) in [6.45, 7) is 7.86. The van der Waals surface area contributed by atoms with Crippen LogP contribution in [0.4, 0.5) is 0 Å². The molecule has 0 fully saturated rings. The van der Waals surface area contributed by atoms with E-state index in [1.165, 1.54) is 26.8 Å². The quantitative estimate of drug-likeness (QED) is 0.693. The van der Waals surface area contributed by atoms with Gasteiger partial charge in [0.05, 0.1) is 0 Å². The van der Waals surface area contributed by atoms with Crippen molar-refractivity contribution in [1.29, 1.82) is 0 Å². The number of nitrogens with two attached hydrogens (primary N) is 1. The van der Waals surface area contributed by atoms with Crippen LogP contribution in [-0.2, 0) is 0 Å². The van der Waals surface area contributed by atoms with E-state index in [2.05, 4.69) is 38.7 Å². The van der Waals surface area contributed by atoms with Crippen molar-refractivity contribution in [3.8, 4) is 0 Å². The van der Waals surface area contributed by atoms with Gasteiger partial charge in [0.25, 0.3) is 0 Å². The van der Waals surface area contributed by atoms with Crippen LogP contribution in [-0.4, -0.2) is 33.7 Å². The minimum atomic E-state index is -1.80. The molecule has 0 radical (unpaired) electrons. The van der Waals surface area contributed by atoms with Crippen molar-refractivity contribution >= 4 is 33.5 Å². The molecule has 0 aliphatic carbocycles. The Balaban J connectivity index is 4.07. The van der Waals surface area contributed by atoms with Gasteiger partial charge in [-0.05, 0) is 0 Å². The first-order valence-corrected chi connectivity index (χ1v) is 18.2. The zero-order valence-electron chi connectivity index (χ0n) is 9.14. The van der Waals surface area contributed by atoms with Crippen LogP contribution in [0.15, 0.2) is 0 Å². The fraction of sp³-hybridized carbons (Fsp3) is 1.00. The Morgan fingerprint density at radius 1 is 1.08 bits per heavy atom. The summed E-state index contributed by atoms with van der Waals surface area (Å²) in [5, 5.41) is 0. The summed E-state index contributed by atoms with van der Waals surface area (Å²) >= 11 is -1.80. The molecule has 0 unspecified atom stereocenters. The molecule has 0 saturated heterocycles. The topological polar surface area (TPSA) is 26.0 Å². The van der Waals surface area contributed by atoms with Crippen LogP contribution in [0.25, 0.3) is 0 Å². The Hall–Kier alpha value is 1.46. The predicted octanol–water partition coefficient (Wildman–Crippen LogP) is 3.30. The Morgan fingerprint density at radius 3 is 1.92 bits per heavy atom. The van der Waals surface area contributed by atoms with Gasteiger partial charge < -0.3 is 0 Å². The molecule has 0 aromatic carbocycles. The van der Waals surface area contributed by atoms with Gasteiger partial charge in [0.2, 0.25) is 0 Å². The Labute approximate surface area is 92.8 Å². The third-order valence-electron chi connectivity index (χ3n) is 2.12. The van der Waals surface area contributed by atoms with E-state index in [0.29, 0.717) is 0 Å². The van der Waals surface area contributed by atoms with Gasteiger partial charge >= 0.3 is 93.4 Å². The first kappa shape index (κ1) is 14.5. The molecule has 0 aromatic rings. The van der Waals surface area contributed by atoms with E-state index in [0.717, 1.165) is 6.54 Å². The zero-order valence-corrected chi connectivity index (χ0v) is 13.6. The van der Waals surface area contributed by atoms with E-state index in [1.54, 1.807) is 0 Å². The number of rotatable bonds is 8. The summed E-state index contributed by atoms with van der Waals surface area (Å²) < 4.78 is 2.93. The summed E-state index contributed by atoms with van der Waals surface area (Å²) in [6.07, 6.45) is 1.25. The molecule has 13 heavy (non-hydrogen) atoms. The molecular weight excluding hydrogens is 305 g/mol. The normalized spacial score (nSPS) is 12.0. The molecule has 0 aromatic heterocycles. The monoisotopic (exact) mass is 329 g/mol. The van der Waals surface area contributed by atoms with E-state index in [9.17, 15) is 0 Å². The predicted molar refractivity (Wildman–Crippen MR) is 71.0 cm³/mol. The summed E-state index contributed by atoms with van der Waals surface area (Å²) in [5.74, 6) is 2.61. The second-order valence-electron chi connectivity index (χ2n) is 3.02. The average molecular weight is 328 g/mol. The fourth-order valence-corrected chi connectivity index (χ4v) is 30.5. The molecule has 0 atom stereocenters. The van der Waals surface area contributed by atoms with Gasteiger partial charge in [0.1, 0.15) is 0 Å². The van der Waals surface area contributed by atoms with Crippen LogP contribution in [0.2, 0.25) is 8.87 Å². The van der Waals surface area contributed by atoms with Gasteiger partial charge in [0, 0.05) is 0 Å². The molecule has 2 N–H and O–H groups in total. The van der Waals surface area contributed by atoms with Gasteiger partial charge in [-0.2, -0.15) is 0 Å². The van der Waals surface area contributed by atoms with Crippen LogP contribution in [0.3, 0.4) is 0 Å². The number of hydrogen-bond acceptors (Lipinski definition) is 3. The van der Waals surface area contributed by atoms with E-state index in [4.69, 9.17) is 5.73 Å². The molecule has 1 nitrogen and oxygen atoms in total. The summed E-state index contributed by atoms with van der Waals surface area (Å²) in [7, 11) is 4.61. The van der Waals surface area contributed by atoms with Crippen LogP contribution in [0.1, 0.15) is 27.2 Å². The summed E-state index contributed by atoms with van der Waals surface area (Å²) in [4.78, 5) is 0. The van der Waals surface area contributed by atoms with Crippen LogP contribution in [0.5, 0.6) is 0 Å². The average Bonchev–Trinajstić information content (AvgIpc) is 2.15. The van der Waals surface area contributed by atoms with E-state index >= 15 is 0 Å². The molecule has 0 heterocycles. The third kappa shape index (κ3) is 5.80. The minimum absolute atomic E-state index is 0.882. The second-order valence-corrected chi connectivity index (χ2v) is 30.6. The molecule has 0 aliphatic heterocycles. The molecule has 0 spiro atoms. The molecule has 4 heteroatoms. The first-order chi connectivity index (χ1) is 6.24. The van der Waals surface area contributed by atoms with Gasteiger partial charge in [-0.15, -0.1) is 0 Å². The van der Waals surface area contributed by atoms with Crippen LogP contribution < -0.4 is 5.73 Å². The van der Waals surface area contributed by atoms with Crippen molar-refractivity contribution in [3.63, 3.8) is 0 Å². The zero-order chi connectivity index (χ0) is 10.2. The second kappa shape index (κ2) is 8.74. The van der Waals surface area contributed by atoms with Crippen molar-refractivity contribution in [3.05, 3.63) is 0 Å². The van der Waals surface area contributed by atoms with Crippen molar-refractivity contribution in [2.75, 3.05) is 18.1 Å². The van der Waals surface area contributed by atoms with Crippen molar-refractivity contribution in [2.45, 2.75) is 36.1 Å². The Morgan fingerprint density at radius 2 is 1.62 bits per heavy atom. The van der Waals surface area contributed by atoms with Gasteiger partial charge in [0.15, 0.2) is 0 Å². The Bertz CT molecular complexity index is 116. The standard InChI is InChI=1S/C3H8N.2C2H6S.C2H5.Sn/c1-2-3-4;2*1-2-3;1-2;/h1-4H2;2*3H,2H2,1H3;1H2,2H3;/q;;;;+2/p-2. The number of hydrogen-bond donors (Lipinski definition) is 1. The van der Waals surface area contributed by atoms with E-state index < -0.39 is 15.6 Å². The van der Waals surface area contributed by atoms with Crippen molar-refractivity contribution < 1.29 is 0 Å². The summed E-state index contributed by atoms with van der Waals surface area (Å²) in [6, 6.07) is 0. The molecule has 0 bridgehead atoms. The Kier molecular flexibility index (Phi) is 9.72. The van der Waals surface area contributed by atoms with Gasteiger partial charge in [-0.3, -0.25) is 0 Å². The molecular formula is C9H23NS2Sn. The molecule has 80 valence electrons. The van der Waals surface area contributed by atoms with E-state index in [-0.39, 0.29) is 0 Å². The fourth-order valence-electron chi connectivity index (χ4n) is 1.46. The summed E-state index contributed by atoms with van der Waals surface area (Å²) in [5.41, 5.74) is 5.60. The maximum absolute atomic E-state index is 5.60. The SMILES string of the molecule is CC[S][Sn]([CH2]C)([CH2]CCN)[S]CC. The molecule has 0 rings (SSSR count). The molecule has 0 amide bonds. The van der Waals surface area contributed by atoms with Crippen LogP contribution in [0, 0.1) is 0 Å². The maximum atomic E-state index is 5.60. The van der Waals surface area contributed by atoms with E-state index in [1.807, 2.05) is 0 Å². The van der Waals surface area contributed by atoms with Gasteiger partial charge in [-0.1, -0.05) is 0 Å². The molecule has 0 aliphatic rings.